The second kappa shape index (κ2) is 8.81. The van der Waals surface area contributed by atoms with E-state index in [1.807, 2.05) is 0 Å². The maximum Gasteiger partial charge on any atom is 0.240 e. The number of nitrogens with one attached hydrogen (secondary N) is 1. The second-order valence-electron chi connectivity index (χ2n) is 7.91. The lowest BCUT2D eigenvalue weighted by Crippen LogP contribution is -2.54. The Morgan fingerprint density at radius 3 is 2.36 bits per heavy atom. The molecule has 0 atom stereocenters. The number of likely N-dealkylation sites (tertiary alicyclic amines) is 1. The van der Waals surface area contributed by atoms with Gasteiger partial charge in [0.15, 0.2) is 0 Å². The SMILES string of the molecule is NC1(C(=O)NCc2cccc(CN3CCCCCC3)c2)CCCCC1. The van der Waals surface area contributed by atoms with E-state index in [0.29, 0.717) is 6.54 Å². The van der Waals surface area contributed by atoms with E-state index in [2.05, 4.69) is 34.5 Å². The number of carbonyl (C=O) groups excluding carboxylic acids is 1. The fourth-order valence-corrected chi connectivity index (χ4v) is 4.16. The number of benzene rings is 1. The van der Waals surface area contributed by atoms with E-state index in [1.165, 1.54) is 56.3 Å². The fourth-order valence-electron chi connectivity index (χ4n) is 4.16. The first kappa shape index (κ1) is 18.4. The van der Waals surface area contributed by atoms with Crippen LogP contribution in [0.1, 0.15) is 68.9 Å². The molecular weight excluding hydrogens is 310 g/mol. The zero-order chi connectivity index (χ0) is 17.5. The molecule has 1 heterocycles. The van der Waals surface area contributed by atoms with Crippen LogP contribution in [0.25, 0.3) is 0 Å². The third kappa shape index (κ3) is 5.29. The van der Waals surface area contributed by atoms with Crippen molar-refractivity contribution in [3.8, 4) is 0 Å². The molecule has 1 saturated heterocycles. The molecule has 3 N–H and O–H groups in total. The summed E-state index contributed by atoms with van der Waals surface area (Å²) in [7, 11) is 0. The summed E-state index contributed by atoms with van der Waals surface area (Å²) in [6.45, 7) is 4.00. The van der Waals surface area contributed by atoms with Crippen molar-refractivity contribution in [3.63, 3.8) is 0 Å². The van der Waals surface area contributed by atoms with Gasteiger partial charge in [0.1, 0.15) is 0 Å². The number of hydrogen-bond donors (Lipinski definition) is 2. The minimum atomic E-state index is -0.651. The summed E-state index contributed by atoms with van der Waals surface area (Å²) in [5.74, 6) is 0.0186. The zero-order valence-electron chi connectivity index (χ0n) is 15.4. The van der Waals surface area contributed by atoms with Gasteiger partial charge in [0.05, 0.1) is 5.54 Å². The van der Waals surface area contributed by atoms with Gasteiger partial charge in [-0.2, -0.15) is 0 Å². The first-order valence-electron chi connectivity index (χ1n) is 10.0. The maximum absolute atomic E-state index is 12.5. The van der Waals surface area contributed by atoms with E-state index >= 15 is 0 Å². The second-order valence-corrected chi connectivity index (χ2v) is 7.91. The summed E-state index contributed by atoms with van der Waals surface area (Å²) in [6, 6.07) is 8.63. The van der Waals surface area contributed by atoms with Gasteiger partial charge in [-0.1, -0.05) is 56.4 Å². The van der Waals surface area contributed by atoms with Crippen LogP contribution >= 0.6 is 0 Å². The van der Waals surface area contributed by atoms with Crippen molar-refractivity contribution in [2.24, 2.45) is 5.73 Å². The molecule has 1 aliphatic carbocycles. The number of carbonyl (C=O) groups is 1. The number of hydrogen-bond acceptors (Lipinski definition) is 3. The van der Waals surface area contributed by atoms with Crippen LogP contribution in [0.3, 0.4) is 0 Å². The third-order valence-electron chi connectivity index (χ3n) is 5.75. The molecule has 1 amide bonds. The normalized spacial score (nSPS) is 21.5. The van der Waals surface area contributed by atoms with Crippen molar-refractivity contribution < 1.29 is 4.79 Å². The predicted octanol–water partition coefficient (Wildman–Crippen LogP) is 3.34. The number of nitrogens with zero attached hydrogens (tertiary/aromatic N) is 1. The molecule has 1 saturated carbocycles. The van der Waals surface area contributed by atoms with Crippen molar-refractivity contribution in [2.75, 3.05) is 13.1 Å². The molecule has 2 aliphatic rings. The number of nitrogens with two attached hydrogens (primary N) is 1. The molecule has 138 valence electrons. The highest BCUT2D eigenvalue weighted by Gasteiger charge is 2.34. The predicted molar refractivity (Wildman–Crippen MR) is 102 cm³/mol. The van der Waals surface area contributed by atoms with Gasteiger partial charge in [0, 0.05) is 13.1 Å². The Hall–Kier alpha value is -1.39. The van der Waals surface area contributed by atoms with Crippen LogP contribution in [0.5, 0.6) is 0 Å². The lowest BCUT2D eigenvalue weighted by Gasteiger charge is -2.31. The van der Waals surface area contributed by atoms with Crippen LogP contribution in [0.4, 0.5) is 0 Å². The van der Waals surface area contributed by atoms with Crippen LogP contribution in [0.2, 0.25) is 0 Å². The molecule has 0 unspecified atom stereocenters. The molecule has 1 aromatic carbocycles. The van der Waals surface area contributed by atoms with E-state index in [4.69, 9.17) is 5.73 Å². The smallest absolute Gasteiger partial charge is 0.240 e. The van der Waals surface area contributed by atoms with E-state index in [1.54, 1.807) is 0 Å². The zero-order valence-corrected chi connectivity index (χ0v) is 15.4. The summed E-state index contributed by atoms with van der Waals surface area (Å²) in [6.07, 6.45) is 10.3. The van der Waals surface area contributed by atoms with Crippen molar-refractivity contribution >= 4 is 5.91 Å². The minimum Gasteiger partial charge on any atom is -0.350 e. The molecule has 4 nitrogen and oxygen atoms in total. The van der Waals surface area contributed by atoms with E-state index in [0.717, 1.165) is 32.2 Å². The van der Waals surface area contributed by atoms with Gasteiger partial charge in [0.2, 0.25) is 5.91 Å². The fraction of sp³-hybridized carbons (Fsp3) is 0.667. The number of amides is 1. The van der Waals surface area contributed by atoms with E-state index in [-0.39, 0.29) is 5.91 Å². The van der Waals surface area contributed by atoms with Crippen LogP contribution in [0, 0.1) is 0 Å². The summed E-state index contributed by atoms with van der Waals surface area (Å²) in [4.78, 5) is 15.0. The van der Waals surface area contributed by atoms with Crippen LogP contribution in [0.15, 0.2) is 24.3 Å². The standard InChI is InChI=1S/C21H33N3O/c22-21(11-4-3-5-12-21)20(25)23-16-18-9-8-10-19(15-18)17-24-13-6-1-2-7-14-24/h8-10,15H,1-7,11-14,16-17,22H2,(H,23,25). The Bertz CT molecular complexity index is 558. The van der Waals surface area contributed by atoms with Crippen molar-refractivity contribution in [1.29, 1.82) is 0 Å². The van der Waals surface area contributed by atoms with Crippen LogP contribution in [-0.4, -0.2) is 29.4 Å². The average Bonchev–Trinajstić information content (AvgIpc) is 2.89. The first-order valence-corrected chi connectivity index (χ1v) is 10.0. The van der Waals surface area contributed by atoms with Crippen molar-refractivity contribution in [2.45, 2.75) is 76.4 Å². The van der Waals surface area contributed by atoms with Gasteiger partial charge in [0.25, 0.3) is 0 Å². The van der Waals surface area contributed by atoms with Gasteiger partial charge < -0.3 is 11.1 Å². The first-order chi connectivity index (χ1) is 12.2. The molecule has 1 aromatic rings. The molecule has 4 heteroatoms. The Morgan fingerprint density at radius 2 is 1.64 bits per heavy atom. The quantitative estimate of drug-likeness (QED) is 0.862. The van der Waals surface area contributed by atoms with E-state index < -0.39 is 5.54 Å². The topological polar surface area (TPSA) is 58.4 Å². The summed E-state index contributed by atoms with van der Waals surface area (Å²) >= 11 is 0. The Kier molecular flexibility index (Phi) is 6.49. The maximum atomic E-state index is 12.5. The Balaban J connectivity index is 1.53. The molecule has 1 aliphatic heterocycles. The Morgan fingerprint density at radius 1 is 1.00 bits per heavy atom. The van der Waals surface area contributed by atoms with Crippen LogP contribution < -0.4 is 11.1 Å². The average molecular weight is 344 g/mol. The molecule has 0 bridgehead atoms. The van der Waals surface area contributed by atoms with Crippen LogP contribution in [-0.2, 0) is 17.9 Å². The van der Waals surface area contributed by atoms with Crippen molar-refractivity contribution in [3.05, 3.63) is 35.4 Å². The highest BCUT2D eigenvalue weighted by Crippen LogP contribution is 2.26. The van der Waals surface area contributed by atoms with Gasteiger partial charge in [-0.15, -0.1) is 0 Å². The van der Waals surface area contributed by atoms with Gasteiger partial charge >= 0.3 is 0 Å². The highest BCUT2D eigenvalue weighted by atomic mass is 16.2. The van der Waals surface area contributed by atoms with Gasteiger partial charge in [-0.25, -0.2) is 0 Å². The molecule has 3 rings (SSSR count). The minimum absolute atomic E-state index is 0.0186. The summed E-state index contributed by atoms with van der Waals surface area (Å²) in [5, 5.41) is 3.07. The lowest BCUT2D eigenvalue weighted by molar-refractivity contribution is -0.127. The highest BCUT2D eigenvalue weighted by molar-refractivity contribution is 5.86. The molecule has 0 aromatic heterocycles. The monoisotopic (exact) mass is 343 g/mol. The van der Waals surface area contributed by atoms with Crippen molar-refractivity contribution in [1.82, 2.24) is 10.2 Å². The largest absolute Gasteiger partial charge is 0.350 e. The summed E-state index contributed by atoms with van der Waals surface area (Å²) < 4.78 is 0. The molecule has 25 heavy (non-hydrogen) atoms. The summed E-state index contributed by atoms with van der Waals surface area (Å²) in [5.41, 5.74) is 8.17. The molecular formula is C21H33N3O. The Labute approximate surface area is 152 Å². The molecule has 0 spiro atoms. The molecule has 0 radical (unpaired) electrons. The lowest BCUT2D eigenvalue weighted by atomic mass is 9.82. The third-order valence-corrected chi connectivity index (χ3v) is 5.75. The van der Waals surface area contributed by atoms with Gasteiger partial charge in [-0.05, 0) is 49.9 Å². The number of rotatable bonds is 5. The van der Waals surface area contributed by atoms with Gasteiger partial charge in [-0.3, -0.25) is 9.69 Å². The van der Waals surface area contributed by atoms with E-state index in [9.17, 15) is 4.79 Å². The molecule has 2 fully saturated rings.